The number of hydrogen-bond donors (Lipinski definition) is 2. The van der Waals surface area contributed by atoms with E-state index < -0.39 is 22.0 Å². The summed E-state index contributed by atoms with van der Waals surface area (Å²) in [6.45, 7) is 3.58. The van der Waals surface area contributed by atoms with E-state index in [1.807, 2.05) is 0 Å². The third-order valence-corrected chi connectivity index (χ3v) is 5.23. The highest BCUT2D eigenvalue weighted by atomic mass is 79.9. The molecule has 9 heteroatoms. The fourth-order valence-electron chi connectivity index (χ4n) is 1.46. The second kappa shape index (κ2) is 7.09. The number of hydrogen-bond acceptors (Lipinski definition) is 3. The number of nitrogens with one attached hydrogen (secondary N) is 2. The van der Waals surface area contributed by atoms with Gasteiger partial charge in [-0.2, -0.15) is 4.72 Å². The number of carbonyl (C=O) groups is 1. The lowest BCUT2D eigenvalue weighted by Gasteiger charge is -2.15. The quantitative estimate of drug-likeness (QED) is 0.793. The number of carbonyl (C=O) groups excluding carboxylic acids is 1. The molecule has 0 aromatic heterocycles. The smallest absolute Gasteiger partial charge is 0.244 e. The molecular formula is C11H13BrCl2N2O3S. The zero-order chi connectivity index (χ0) is 15.5. The highest BCUT2D eigenvalue weighted by Gasteiger charge is 2.26. The van der Waals surface area contributed by atoms with Crippen molar-refractivity contribution >= 4 is 55.1 Å². The van der Waals surface area contributed by atoms with Gasteiger partial charge in [0.05, 0.1) is 16.1 Å². The maximum Gasteiger partial charge on any atom is 0.244 e. The van der Waals surface area contributed by atoms with Crippen molar-refractivity contribution in [3.63, 3.8) is 0 Å². The topological polar surface area (TPSA) is 75.3 Å². The van der Waals surface area contributed by atoms with Gasteiger partial charge in [0.1, 0.15) is 4.90 Å². The molecule has 1 unspecified atom stereocenters. The van der Waals surface area contributed by atoms with Crippen molar-refractivity contribution in [1.82, 2.24) is 10.0 Å². The van der Waals surface area contributed by atoms with Gasteiger partial charge in [-0.15, -0.1) is 0 Å². The van der Waals surface area contributed by atoms with Crippen molar-refractivity contribution < 1.29 is 13.2 Å². The standard InChI is InChI=1S/C11H13BrCl2N2O3S/c1-3-15-11(17)6(2)16-20(18,19)10-8(13)4-7(12)5-9(10)14/h4-6,16H,3H2,1-2H3,(H,15,17). The van der Waals surface area contributed by atoms with Crippen LogP contribution in [0.5, 0.6) is 0 Å². The van der Waals surface area contributed by atoms with E-state index in [9.17, 15) is 13.2 Å². The third-order valence-electron chi connectivity index (χ3n) is 2.31. The fraction of sp³-hybridized carbons (Fsp3) is 0.364. The summed E-state index contributed by atoms with van der Waals surface area (Å²) in [6.07, 6.45) is 0. The van der Waals surface area contributed by atoms with Crippen LogP contribution in [0.2, 0.25) is 10.0 Å². The molecular weight excluding hydrogens is 391 g/mol. The molecule has 0 bridgehead atoms. The Labute approximate surface area is 136 Å². The number of rotatable bonds is 5. The molecule has 112 valence electrons. The molecule has 1 aromatic rings. The molecule has 1 atom stereocenters. The molecule has 1 amide bonds. The van der Waals surface area contributed by atoms with E-state index in [2.05, 4.69) is 26.0 Å². The normalized spacial score (nSPS) is 13.1. The summed E-state index contributed by atoms with van der Waals surface area (Å²) in [4.78, 5) is 11.3. The van der Waals surface area contributed by atoms with E-state index in [1.165, 1.54) is 19.1 Å². The zero-order valence-corrected chi connectivity index (χ0v) is 14.6. The maximum absolute atomic E-state index is 12.2. The molecule has 1 aromatic carbocycles. The molecule has 0 saturated heterocycles. The maximum atomic E-state index is 12.2. The largest absolute Gasteiger partial charge is 0.355 e. The highest BCUT2D eigenvalue weighted by Crippen LogP contribution is 2.32. The van der Waals surface area contributed by atoms with Crippen molar-refractivity contribution in [2.75, 3.05) is 6.54 Å². The average molecular weight is 404 g/mol. The number of benzene rings is 1. The molecule has 1 rings (SSSR count). The van der Waals surface area contributed by atoms with E-state index in [-0.39, 0.29) is 14.9 Å². The van der Waals surface area contributed by atoms with Crippen LogP contribution in [0.15, 0.2) is 21.5 Å². The summed E-state index contributed by atoms with van der Waals surface area (Å²) < 4.78 is 27.3. The van der Waals surface area contributed by atoms with Crippen molar-refractivity contribution in [2.24, 2.45) is 0 Å². The van der Waals surface area contributed by atoms with E-state index in [4.69, 9.17) is 23.2 Å². The summed E-state index contributed by atoms with van der Waals surface area (Å²) in [6, 6.07) is 1.90. The minimum atomic E-state index is -4.00. The highest BCUT2D eigenvalue weighted by molar-refractivity contribution is 9.10. The third kappa shape index (κ3) is 4.33. The lowest BCUT2D eigenvalue weighted by atomic mass is 10.3. The molecule has 0 heterocycles. The molecule has 2 N–H and O–H groups in total. The SMILES string of the molecule is CCNC(=O)C(C)NS(=O)(=O)c1c(Cl)cc(Br)cc1Cl. The van der Waals surface area contributed by atoms with Gasteiger partial charge in [0.15, 0.2) is 0 Å². The summed E-state index contributed by atoms with van der Waals surface area (Å²) in [7, 11) is -4.00. The Kier molecular flexibility index (Phi) is 6.27. The van der Waals surface area contributed by atoms with E-state index >= 15 is 0 Å². The second-order valence-corrected chi connectivity index (χ2v) is 7.32. The fourth-order valence-corrected chi connectivity index (χ4v) is 4.60. The van der Waals surface area contributed by atoms with Crippen LogP contribution in [0.3, 0.4) is 0 Å². The van der Waals surface area contributed by atoms with Gasteiger partial charge in [-0.1, -0.05) is 39.1 Å². The Morgan fingerprint density at radius 3 is 2.30 bits per heavy atom. The monoisotopic (exact) mass is 402 g/mol. The van der Waals surface area contributed by atoms with Crippen LogP contribution in [-0.2, 0) is 14.8 Å². The number of sulfonamides is 1. The van der Waals surface area contributed by atoms with Crippen LogP contribution < -0.4 is 10.0 Å². The molecule has 0 radical (unpaired) electrons. The Hall–Kier alpha value is -0.340. The van der Waals surface area contributed by atoms with Gasteiger partial charge in [-0.05, 0) is 26.0 Å². The van der Waals surface area contributed by atoms with E-state index in [1.54, 1.807) is 6.92 Å². The molecule has 0 aliphatic rings. The van der Waals surface area contributed by atoms with Crippen LogP contribution in [0, 0.1) is 0 Å². The molecule has 0 aliphatic carbocycles. The minimum Gasteiger partial charge on any atom is -0.355 e. The minimum absolute atomic E-state index is 0.0278. The first-order valence-electron chi connectivity index (χ1n) is 5.63. The van der Waals surface area contributed by atoms with E-state index in [0.29, 0.717) is 11.0 Å². The first-order valence-corrected chi connectivity index (χ1v) is 8.66. The Morgan fingerprint density at radius 2 is 1.85 bits per heavy atom. The number of halogens is 3. The van der Waals surface area contributed by atoms with Crippen LogP contribution in [0.4, 0.5) is 0 Å². The van der Waals surface area contributed by atoms with Crippen molar-refractivity contribution in [3.8, 4) is 0 Å². The van der Waals surface area contributed by atoms with Crippen LogP contribution in [0.1, 0.15) is 13.8 Å². The molecule has 0 fully saturated rings. The van der Waals surface area contributed by atoms with Crippen LogP contribution in [0.25, 0.3) is 0 Å². The Balaban J connectivity index is 3.10. The first-order chi connectivity index (χ1) is 9.19. The van der Waals surface area contributed by atoms with Gasteiger partial charge in [-0.3, -0.25) is 4.79 Å². The molecule has 0 saturated carbocycles. The molecule has 0 spiro atoms. The van der Waals surface area contributed by atoms with Crippen molar-refractivity contribution in [2.45, 2.75) is 24.8 Å². The number of likely N-dealkylation sites (N-methyl/N-ethyl adjacent to an activating group) is 1. The summed E-state index contributed by atoms with van der Waals surface area (Å²) >= 11 is 15.0. The van der Waals surface area contributed by atoms with Gasteiger partial charge in [-0.25, -0.2) is 8.42 Å². The average Bonchev–Trinajstić information content (AvgIpc) is 2.26. The number of amides is 1. The van der Waals surface area contributed by atoms with Crippen LogP contribution in [-0.4, -0.2) is 26.9 Å². The van der Waals surface area contributed by atoms with Gasteiger partial charge in [0.2, 0.25) is 15.9 Å². The molecule has 5 nitrogen and oxygen atoms in total. The first kappa shape index (κ1) is 17.7. The summed E-state index contributed by atoms with van der Waals surface area (Å²) in [5.74, 6) is -0.430. The van der Waals surface area contributed by atoms with Crippen molar-refractivity contribution in [3.05, 3.63) is 26.7 Å². The van der Waals surface area contributed by atoms with Gasteiger partial charge >= 0.3 is 0 Å². The van der Waals surface area contributed by atoms with Crippen LogP contribution >= 0.6 is 39.1 Å². The lowest BCUT2D eigenvalue weighted by molar-refractivity contribution is -0.122. The van der Waals surface area contributed by atoms with Gasteiger partial charge in [0.25, 0.3) is 0 Å². The summed E-state index contributed by atoms with van der Waals surface area (Å²) in [5, 5.41) is 2.46. The Morgan fingerprint density at radius 1 is 1.35 bits per heavy atom. The predicted octanol–water partition coefficient (Wildman–Crippen LogP) is 2.56. The second-order valence-electron chi connectivity index (χ2n) is 3.94. The molecule has 0 aliphatic heterocycles. The Bertz CT molecular complexity index is 599. The zero-order valence-electron chi connectivity index (χ0n) is 10.7. The summed E-state index contributed by atoms with van der Waals surface area (Å²) in [5.41, 5.74) is 0. The molecule has 20 heavy (non-hydrogen) atoms. The van der Waals surface area contributed by atoms with Crippen molar-refractivity contribution in [1.29, 1.82) is 0 Å². The van der Waals surface area contributed by atoms with E-state index in [0.717, 1.165) is 0 Å². The predicted molar refractivity (Wildman–Crippen MR) is 82.6 cm³/mol. The lowest BCUT2D eigenvalue weighted by Crippen LogP contribution is -2.44. The van der Waals surface area contributed by atoms with Gasteiger partial charge in [0, 0.05) is 11.0 Å². The van der Waals surface area contributed by atoms with Gasteiger partial charge < -0.3 is 5.32 Å².